The van der Waals surface area contributed by atoms with Gasteiger partial charge in [0.15, 0.2) is 0 Å². The zero-order chi connectivity index (χ0) is 19.6. The highest BCUT2D eigenvalue weighted by Gasteiger charge is 2.27. The summed E-state index contributed by atoms with van der Waals surface area (Å²) < 4.78 is 13.6. The van der Waals surface area contributed by atoms with E-state index in [4.69, 9.17) is 9.47 Å². The van der Waals surface area contributed by atoms with Gasteiger partial charge in [-0.25, -0.2) is 9.78 Å². The first-order valence-corrected chi connectivity index (χ1v) is 9.73. The van der Waals surface area contributed by atoms with Crippen LogP contribution in [0.5, 0.6) is 0 Å². The highest BCUT2D eigenvalue weighted by atomic mass is 16.6. The Morgan fingerprint density at radius 3 is 2.63 bits per heavy atom. The van der Waals surface area contributed by atoms with Crippen molar-refractivity contribution >= 4 is 11.7 Å². The minimum atomic E-state index is -0.443. The van der Waals surface area contributed by atoms with Crippen LogP contribution in [-0.4, -0.2) is 45.7 Å². The van der Waals surface area contributed by atoms with E-state index in [2.05, 4.69) is 34.6 Å². The molecule has 0 N–H and O–H groups in total. The molecule has 1 saturated heterocycles. The average Bonchev–Trinajstić information content (AvgIpc) is 2.88. The van der Waals surface area contributed by atoms with Crippen LogP contribution in [0.2, 0.25) is 0 Å². The molecular formula is C21H31N3O3. The van der Waals surface area contributed by atoms with E-state index in [0.717, 1.165) is 43.0 Å². The number of carbonyl (C=O) groups excluding carboxylic acids is 1. The van der Waals surface area contributed by atoms with Crippen molar-refractivity contribution in [1.82, 2.24) is 14.3 Å². The van der Waals surface area contributed by atoms with Gasteiger partial charge in [-0.3, -0.25) is 0 Å². The lowest BCUT2D eigenvalue weighted by atomic mass is 9.98. The van der Waals surface area contributed by atoms with Crippen molar-refractivity contribution in [2.75, 3.05) is 19.7 Å². The molecule has 0 aliphatic carbocycles. The molecule has 6 heteroatoms. The van der Waals surface area contributed by atoms with Crippen molar-refractivity contribution in [1.29, 1.82) is 0 Å². The van der Waals surface area contributed by atoms with Gasteiger partial charge >= 0.3 is 6.09 Å². The van der Waals surface area contributed by atoms with Gasteiger partial charge in [0.1, 0.15) is 11.2 Å². The van der Waals surface area contributed by atoms with E-state index in [1.54, 1.807) is 4.90 Å². The Hall–Kier alpha value is -2.08. The molecule has 0 saturated carbocycles. The molecule has 1 fully saturated rings. The first kappa shape index (κ1) is 19.7. The predicted octanol–water partition coefficient (Wildman–Crippen LogP) is 4.11. The first-order valence-electron chi connectivity index (χ1n) is 9.73. The van der Waals surface area contributed by atoms with Crippen molar-refractivity contribution in [3.05, 3.63) is 35.3 Å². The minimum absolute atomic E-state index is 0.210. The first-order chi connectivity index (χ1) is 12.7. The molecule has 1 aliphatic heterocycles. The monoisotopic (exact) mass is 373 g/mol. The van der Waals surface area contributed by atoms with Crippen LogP contribution in [0.1, 0.15) is 50.6 Å². The summed E-state index contributed by atoms with van der Waals surface area (Å²) in [5.74, 6) is 0.477. The molecule has 3 rings (SSSR count). The van der Waals surface area contributed by atoms with Gasteiger partial charge in [0.05, 0.1) is 24.6 Å². The average molecular weight is 373 g/mol. The van der Waals surface area contributed by atoms with Crippen LogP contribution in [0.4, 0.5) is 4.79 Å². The van der Waals surface area contributed by atoms with Crippen molar-refractivity contribution in [3.63, 3.8) is 0 Å². The van der Waals surface area contributed by atoms with Crippen LogP contribution in [0, 0.1) is 19.8 Å². The second-order valence-corrected chi connectivity index (χ2v) is 8.50. The molecule has 0 spiro atoms. The molecular weight excluding hydrogens is 342 g/mol. The lowest BCUT2D eigenvalue weighted by Crippen LogP contribution is -2.42. The third-order valence-corrected chi connectivity index (χ3v) is 4.94. The van der Waals surface area contributed by atoms with Gasteiger partial charge in [0.2, 0.25) is 0 Å². The van der Waals surface area contributed by atoms with E-state index in [1.165, 1.54) is 5.56 Å². The molecule has 3 heterocycles. The molecule has 0 aromatic carbocycles. The molecule has 6 nitrogen and oxygen atoms in total. The lowest BCUT2D eigenvalue weighted by Gasteiger charge is -2.33. The number of rotatable bonds is 4. The van der Waals surface area contributed by atoms with E-state index in [0.29, 0.717) is 19.1 Å². The maximum absolute atomic E-state index is 12.1. The van der Waals surface area contributed by atoms with E-state index in [1.807, 2.05) is 27.7 Å². The summed E-state index contributed by atoms with van der Waals surface area (Å²) in [6.07, 6.45) is 3.75. The lowest BCUT2D eigenvalue weighted by molar-refractivity contribution is 0.0102. The van der Waals surface area contributed by atoms with Crippen LogP contribution in [0.25, 0.3) is 5.65 Å². The van der Waals surface area contributed by atoms with Crippen molar-refractivity contribution < 1.29 is 14.3 Å². The maximum atomic E-state index is 12.1. The molecule has 1 amide bonds. The fraction of sp³-hybridized carbons (Fsp3) is 0.619. The SMILES string of the molecule is Cc1ccn2c(COCC3CCN(C(=O)OC(C)(C)C)CC3)c(C)nc2c1. The van der Waals surface area contributed by atoms with Gasteiger partial charge in [0.25, 0.3) is 0 Å². The fourth-order valence-corrected chi connectivity index (χ4v) is 3.42. The third-order valence-electron chi connectivity index (χ3n) is 4.94. The number of amides is 1. The molecule has 148 valence electrons. The summed E-state index contributed by atoms with van der Waals surface area (Å²) in [7, 11) is 0. The van der Waals surface area contributed by atoms with Crippen LogP contribution in [0.3, 0.4) is 0 Å². The number of piperidine rings is 1. The topological polar surface area (TPSA) is 56.1 Å². The second kappa shape index (κ2) is 7.89. The Morgan fingerprint density at radius 1 is 1.26 bits per heavy atom. The zero-order valence-electron chi connectivity index (χ0n) is 17.1. The Balaban J connectivity index is 1.47. The number of aromatic nitrogens is 2. The van der Waals surface area contributed by atoms with Crippen molar-refractivity contribution in [2.24, 2.45) is 5.92 Å². The number of likely N-dealkylation sites (tertiary alicyclic amines) is 1. The summed E-state index contributed by atoms with van der Waals surface area (Å²) in [6, 6.07) is 4.17. The maximum Gasteiger partial charge on any atom is 0.410 e. The number of aryl methyl sites for hydroxylation is 2. The minimum Gasteiger partial charge on any atom is -0.444 e. The van der Waals surface area contributed by atoms with Crippen LogP contribution < -0.4 is 0 Å². The normalized spacial score (nSPS) is 16.1. The van der Waals surface area contributed by atoms with Crippen LogP contribution >= 0.6 is 0 Å². The Morgan fingerprint density at radius 2 is 1.96 bits per heavy atom. The summed E-state index contributed by atoms with van der Waals surface area (Å²) in [5, 5.41) is 0. The largest absolute Gasteiger partial charge is 0.444 e. The number of fused-ring (bicyclic) bond motifs is 1. The highest BCUT2D eigenvalue weighted by molar-refractivity contribution is 5.68. The van der Waals surface area contributed by atoms with Crippen LogP contribution in [-0.2, 0) is 16.1 Å². The molecule has 27 heavy (non-hydrogen) atoms. The van der Waals surface area contributed by atoms with Crippen molar-refractivity contribution in [3.8, 4) is 0 Å². The molecule has 2 aromatic heterocycles. The summed E-state index contributed by atoms with van der Waals surface area (Å²) in [4.78, 5) is 18.6. The smallest absolute Gasteiger partial charge is 0.410 e. The van der Waals surface area contributed by atoms with E-state index >= 15 is 0 Å². The second-order valence-electron chi connectivity index (χ2n) is 8.50. The van der Waals surface area contributed by atoms with Crippen molar-refractivity contribution in [2.45, 2.75) is 59.7 Å². The van der Waals surface area contributed by atoms with Gasteiger partial charge < -0.3 is 18.8 Å². The van der Waals surface area contributed by atoms with E-state index in [-0.39, 0.29) is 6.09 Å². The number of carbonyl (C=O) groups is 1. The fourth-order valence-electron chi connectivity index (χ4n) is 3.42. The van der Waals surface area contributed by atoms with Gasteiger partial charge in [-0.2, -0.15) is 0 Å². The summed E-state index contributed by atoms with van der Waals surface area (Å²) in [5.41, 5.74) is 3.85. The Labute approximate surface area is 161 Å². The summed E-state index contributed by atoms with van der Waals surface area (Å²) in [6.45, 7) is 12.5. The van der Waals surface area contributed by atoms with Gasteiger partial charge in [-0.15, -0.1) is 0 Å². The van der Waals surface area contributed by atoms with Gasteiger partial charge in [0, 0.05) is 19.3 Å². The number of imidazole rings is 1. The van der Waals surface area contributed by atoms with Gasteiger partial charge in [-0.05, 0) is 71.1 Å². The third kappa shape index (κ3) is 5.01. The predicted molar refractivity (Wildman–Crippen MR) is 105 cm³/mol. The Kier molecular flexibility index (Phi) is 5.75. The number of hydrogen-bond donors (Lipinski definition) is 0. The molecule has 0 unspecified atom stereocenters. The number of pyridine rings is 1. The number of hydrogen-bond acceptors (Lipinski definition) is 4. The quantitative estimate of drug-likeness (QED) is 0.809. The number of nitrogens with zero attached hydrogens (tertiary/aromatic N) is 3. The van der Waals surface area contributed by atoms with Gasteiger partial charge in [-0.1, -0.05) is 0 Å². The van der Waals surface area contributed by atoms with E-state index < -0.39 is 5.60 Å². The molecule has 2 aromatic rings. The molecule has 1 aliphatic rings. The zero-order valence-corrected chi connectivity index (χ0v) is 17.1. The molecule has 0 radical (unpaired) electrons. The summed E-state index contributed by atoms with van der Waals surface area (Å²) >= 11 is 0. The molecule has 0 bridgehead atoms. The number of ether oxygens (including phenoxy) is 2. The van der Waals surface area contributed by atoms with Crippen LogP contribution in [0.15, 0.2) is 18.3 Å². The highest BCUT2D eigenvalue weighted by Crippen LogP contribution is 2.21. The Bertz CT molecular complexity index is 799. The standard InChI is InChI=1S/C21H31N3O3/c1-15-6-11-24-18(16(2)22-19(24)12-15)14-26-13-17-7-9-23(10-8-17)20(25)27-21(3,4)5/h6,11-12,17H,7-10,13-14H2,1-5H3. The molecule has 0 atom stereocenters. The van der Waals surface area contributed by atoms with E-state index in [9.17, 15) is 4.79 Å².